The molecular weight excluding hydrogens is 267 g/mol. The third-order valence-corrected chi connectivity index (χ3v) is 3.20. The number of anilines is 2. The first-order valence-electron chi connectivity index (χ1n) is 4.40. The average molecular weight is 275 g/mol. The summed E-state index contributed by atoms with van der Waals surface area (Å²) in [7, 11) is 1.60. The molecule has 2 rings (SSSR count). The van der Waals surface area contributed by atoms with Crippen LogP contribution in [0.15, 0.2) is 23.6 Å². The van der Waals surface area contributed by atoms with Gasteiger partial charge in [-0.2, -0.15) is 0 Å². The number of rotatable bonds is 3. The van der Waals surface area contributed by atoms with Gasteiger partial charge >= 0.3 is 0 Å². The Balaban J connectivity index is 2.29. The van der Waals surface area contributed by atoms with E-state index in [9.17, 15) is 0 Å². The lowest BCUT2D eigenvalue weighted by Crippen LogP contribution is -1.93. The van der Waals surface area contributed by atoms with Gasteiger partial charge in [-0.1, -0.05) is 23.2 Å². The van der Waals surface area contributed by atoms with Gasteiger partial charge in [0.05, 0.1) is 12.8 Å². The highest BCUT2D eigenvalue weighted by Crippen LogP contribution is 2.31. The van der Waals surface area contributed by atoms with Crippen molar-refractivity contribution in [2.75, 3.05) is 12.4 Å². The highest BCUT2D eigenvalue weighted by Gasteiger charge is 2.06. The minimum Gasteiger partial charge on any atom is -0.495 e. The Labute approximate surface area is 107 Å². The van der Waals surface area contributed by atoms with Crippen molar-refractivity contribution in [2.45, 2.75) is 0 Å². The molecule has 0 unspecified atom stereocenters. The van der Waals surface area contributed by atoms with Crippen molar-refractivity contribution in [2.24, 2.45) is 0 Å². The normalized spacial score (nSPS) is 10.2. The molecular formula is C10H8Cl2N2OS. The molecule has 84 valence electrons. The van der Waals surface area contributed by atoms with Crippen LogP contribution < -0.4 is 10.1 Å². The first-order chi connectivity index (χ1) is 7.69. The third-order valence-electron chi connectivity index (χ3n) is 1.88. The molecule has 2 aromatic rings. The molecule has 3 nitrogen and oxygen atoms in total. The minimum atomic E-state index is 0.466. The number of thiazole rings is 1. The van der Waals surface area contributed by atoms with Crippen LogP contribution in [0.4, 0.5) is 10.8 Å². The molecule has 0 aliphatic rings. The van der Waals surface area contributed by atoms with E-state index in [2.05, 4.69) is 10.3 Å². The quantitative estimate of drug-likeness (QED) is 0.911. The molecule has 0 bridgehead atoms. The van der Waals surface area contributed by atoms with Crippen molar-refractivity contribution < 1.29 is 4.74 Å². The molecule has 0 saturated heterocycles. The van der Waals surface area contributed by atoms with Gasteiger partial charge in [-0.25, -0.2) is 4.98 Å². The van der Waals surface area contributed by atoms with Crippen molar-refractivity contribution in [3.05, 3.63) is 33.8 Å². The monoisotopic (exact) mass is 274 g/mol. The molecule has 0 amide bonds. The zero-order valence-electron chi connectivity index (χ0n) is 8.33. The van der Waals surface area contributed by atoms with Crippen molar-refractivity contribution in [3.63, 3.8) is 0 Å². The van der Waals surface area contributed by atoms with Gasteiger partial charge in [0.25, 0.3) is 0 Å². The number of hydrogen-bond acceptors (Lipinski definition) is 4. The molecule has 1 aromatic heterocycles. The molecule has 6 heteroatoms. The topological polar surface area (TPSA) is 34.1 Å². The maximum Gasteiger partial charge on any atom is 0.188 e. The van der Waals surface area contributed by atoms with Crippen molar-refractivity contribution in [1.82, 2.24) is 4.98 Å². The van der Waals surface area contributed by atoms with E-state index in [1.54, 1.807) is 30.7 Å². The number of methoxy groups -OCH3 is 1. The summed E-state index contributed by atoms with van der Waals surface area (Å²) >= 11 is 13.1. The van der Waals surface area contributed by atoms with E-state index in [0.29, 0.717) is 21.1 Å². The number of ether oxygens (including phenoxy) is 1. The lowest BCUT2D eigenvalue weighted by molar-refractivity contribution is 0.417. The van der Waals surface area contributed by atoms with E-state index in [1.165, 1.54) is 11.3 Å². The van der Waals surface area contributed by atoms with E-state index in [4.69, 9.17) is 27.9 Å². The Morgan fingerprint density at radius 1 is 1.38 bits per heavy atom. The summed E-state index contributed by atoms with van der Waals surface area (Å²) in [5.41, 5.74) is 0.765. The van der Waals surface area contributed by atoms with Crippen LogP contribution in [0.3, 0.4) is 0 Å². The van der Waals surface area contributed by atoms with E-state index in [1.807, 2.05) is 0 Å². The number of benzene rings is 1. The number of nitrogens with zero attached hydrogens (tertiary/aromatic N) is 1. The zero-order chi connectivity index (χ0) is 11.5. The van der Waals surface area contributed by atoms with Gasteiger partial charge in [0.1, 0.15) is 10.9 Å². The van der Waals surface area contributed by atoms with Gasteiger partial charge in [0.2, 0.25) is 0 Å². The molecule has 1 N–H and O–H groups in total. The van der Waals surface area contributed by atoms with Crippen LogP contribution in [0.25, 0.3) is 0 Å². The SMILES string of the molecule is COc1ccc(Cl)cc1Nc1nc(Cl)cs1. The second kappa shape index (κ2) is 4.91. The van der Waals surface area contributed by atoms with Crippen LogP contribution >= 0.6 is 34.5 Å². The Morgan fingerprint density at radius 2 is 2.19 bits per heavy atom. The van der Waals surface area contributed by atoms with E-state index in [0.717, 1.165) is 5.69 Å². The molecule has 0 saturated carbocycles. The molecule has 1 heterocycles. The van der Waals surface area contributed by atoms with E-state index >= 15 is 0 Å². The summed E-state index contributed by atoms with van der Waals surface area (Å²) in [4.78, 5) is 4.09. The summed E-state index contributed by atoms with van der Waals surface area (Å²) in [5.74, 6) is 0.704. The van der Waals surface area contributed by atoms with Crippen LogP contribution in [-0.4, -0.2) is 12.1 Å². The molecule has 0 atom stereocenters. The number of hydrogen-bond donors (Lipinski definition) is 1. The standard InChI is InChI=1S/C10H8Cl2N2OS/c1-15-8-3-2-6(11)4-7(8)13-10-14-9(12)5-16-10/h2-5H,1H3,(H,13,14). The first-order valence-corrected chi connectivity index (χ1v) is 6.04. The zero-order valence-corrected chi connectivity index (χ0v) is 10.7. The second-order valence-electron chi connectivity index (χ2n) is 2.94. The summed E-state index contributed by atoms with van der Waals surface area (Å²) < 4.78 is 5.20. The smallest absolute Gasteiger partial charge is 0.188 e. The summed E-state index contributed by atoms with van der Waals surface area (Å²) in [5, 5.41) is 6.65. The van der Waals surface area contributed by atoms with Crippen LogP contribution in [-0.2, 0) is 0 Å². The highest BCUT2D eigenvalue weighted by molar-refractivity contribution is 7.14. The van der Waals surface area contributed by atoms with Gasteiger partial charge < -0.3 is 10.1 Å². The fourth-order valence-corrected chi connectivity index (χ4v) is 2.23. The fraction of sp³-hybridized carbons (Fsp3) is 0.100. The molecule has 0 fully saturated rings. The highest BCUT2D eigenvalue weighted by atomic mass is 35.5. The van der Waals surface area contributed by atoms with Crippen molar-refractivity contribution in [1.29, 1.82) is 0 Å². The number of aromatic nitrogens is 1. The summed E-state index contributed by atoms with van der Waals surface area (Å²) in [6.45, 7) is 0. The first kappa shape index (κ1) is 11.5. The fourth-order valence-electron chi connectivity index (χ4n) is 1.20. The van der Waals surface area contributed by atoms with Crippen LogP contribution in [0.2, 0.25) is 10.2 Å². The lowest BCUT2D eigenvalue weighted by Gasteiger charge is -2.08. The van der Waals surface area contributed by atoms with Crippen LogP contribution in [0.1, 0.15) is 0 Å². The minimum absolute atomic E-state index is 0.466. The Morgan fingerprint density at radius 3 is 2.81 bits per heavy atom. The number of nitrogens with one attached hydrogen (secondary N) is 1. The largest absolute Gasteiger partial charge is 0.495 e. The Bertz CT molecular complexity index is 501. The molecule has 0 spiro atoms. The maximum absolute atomic E-state index is 5.91. The molecule has 16 heavy (non-hydrogen) atoms. The van der Waals surface area contributed by atoms with Gasteiger partial charge in [-0.3, -0.25) is 0 Å². The summed E-state index contributed by atoms with van der Waals surface area (Å²) in [6.07, 6.45) is 0. The predicted octanol–water partition coefficient (Wildman–Crippen LogP) is 4.20. The maximum atomic E-state index is 5.91. The second-order valence-corrected chi connectivity index (χ2v) is 4.63. The average Bonchev–Trinajstić information content (AvgIpc) is 2.64. The third kappa shape index (κ3) is 2.58. The van der Waals surface area contributed by atoms with Gasteiger partial charge in [0, 0.05) is 10.4 Å². The molecule has 1 aromatic carbocycles. The van der Waals surface area contributed by atoms with Crippen LogP contribution in [0.5, 0.6) is 5.75 Å². The van der Waals surface area contributed by atoms with Gasteiger partial charge in [0.15, 0.2) is 5.13 Å². The van der Waals surface area contributed by atoms with Crippen molar-refractivity contribution >= 4 is 45.4 Å². The predicted molar refractivity (Wildman–Crippen MR) is 68.4 cm³/mol. The lowest BCUT2D eigenvalue weighted by atomic mass is 10.3. The van der Waals surface area contributed by atoms with E-state index in [-0.39, 0.29) is 0 Å². The van der Waals surface area contributed by atoms with E-state index < -0.39 is 0 Å². The number of halogens is 2. The van der Waals surface area contributed by atoms with Crippen LogP contribution in [0, 0.1) is 0 Å². The molecule has 0 radical (unpaired) electrons. The summed E-state index contributed by atoms with van der Waals surface area (Å²) in [6, 6.07) is 5.33. The Kier molecular flexibility index (Phi) is 3.53. The van der Waals surface area contributed by atoms with Crippen molar-refractivity contribution in [3.8, 4) is 5.75 Å². The molecule has 0 aliphatic carbocycles. The van der Waals surface area contributed by atoms with Gasteiger partial charge in [-0.05, 0) is 18.2 Å². The van der Waals surface area contributed by atoms with Gasteiger partial charge in [-0.15, -0.1) is 11.3 Å². The molecule has 0 aliphatic heterocycles. The Hall–Kier alpha value is -0.970.